The van der Waals surface area contributed by atoms with Gasteiger partial charge in [-0.2, -0.15) is 0 Å². The molecule has 0 radical (unpaired) electrons. The third-order valence-electron chi connectivity index (χ3n) is 3.64. The Bertz CT molecular complexity index is 690. The molecule has 2 heterocycles. The van der Waals surface area contributed by atoms with Crippen LogP contribution in [0.15, 0.2) is 18.2 Å². The molecule has 0 bridgehead atoms. The first-order valence-corrected chi connectivity index (χ1v) is 7.27. The van der Waals surface area contributed by atoms with E-state index in [0.717, 1.165) is 0 Å². The SMILES string of the molecule is CO[C@H]1COC[C@@H]1NC(=O)COCc1nc2ccc(F)cc2[nH]1. The van der Waals surface area contributed by atoms with Gasteiger partial charge in [-0.15, -0.1) is 0 Å². The molecule has 0 spiro atoms. The van der Waals surface area contributed by atoms with Crippen molar-refractivity contribution in [1.82, 2.24) is 15.3 Å². The summed E-state index contributed by atoms with van der Waals surface area (Å²) in [5.41, 5.74) is 1.25. The number of aromatic nitrogens is 2. The van der Waals surface area contributed by atoms with Crippen molar-refractivity contribution in [3.8, 4) is 0 Å². The number of carbonyl (C=O) groups excluding carboxylic acids is 1. The van der Waals surface area contributed by atoms with E-state index in [1.165, 1.54) is 12.1 Å². The Labute approximate surface area is 132 Å². The minimum absolute atomic E-state index is 0.0989. The van der Waals surface area contributed by atoms with Crippen molar-refractivity contribution in [3.63, 3.8) is 0 Å². The van der Waals surface area contributed by atoms with Gasteiger partial charge in [0.2, 0.25) is 5.91 Å². The summed E-state index contributed by atoms with van der Waals surface area (Å²) in [6.45, 7) is 0.939. The first-order valence-electron chi connectivity index (χ1n) is 7.27. The smallest absolute Gasteiger partial charge is 0.246 e. The predicted octanol–water partition coefficient (Wildman–Crippen LogP) is 0.749. The van der Waals surface area contributed by atoms with Crippen LogP contribution in [-0.4, -0.2) is 55.0 Å². The van der Waals surface area contributed by atoms with Crippen molar-refractivity contribution in [3.05, 3.63) is 29.8 Å². The van der Waals surface area contributed by atoms with Crippen molar-refractivity contribution in [1.29, 1.82) is 0 Å². The molecule has 1 saturated heterocycles. The molecular formula is C15H18FN3O4. The Morgan fingerprint density at radius 1 is 1.52 bits per heavy atom. The van der Waals surface area contributed by atoms with Crippen LogP contribution < -0.4 is 5.32 Å². The second-order valence-electron chi connectivity index (χ2n) is 5.32. The Morgan fingerprint density at radius 3 is 3.22 bits per heavy atom. The minimum Gasteiger partial charge on any atom is -0.377 e. The number of fused-ring (bicyclic) bond motifs is 1. The van der Waals surface area contributed by atoms with Gasteiger partial charge in [-0.25, -0.2) is 9.37 Å². The Balaban J connectivity index is 1.47. The number of nitrogens with one attached hydrogen (secondary N) is 2. The molecule has 0 aliphatic carbocycles. The molecule has 124 valence electrons. The molecule has 8 heteroatoms. The van der Waals surface area contributed by atoms with Gasteiger partial charge in [0.1, 0.15) is 31.0 Å². The highest BCUT2D eigenvalue weighted by molar-refractivity contribution is 5.77. The summed E-state index contributed by atoms with van der Waals surface area (Å²) in [5, 5.41) is 2.81. The first kappa shape index (κ1) is 15.9. The molecule has 2 atom stereocenters. The van der Waals surface area contributed by atoms with Crippen molar-refractivity contribution in [2.75, 3.05) is 26.9 Å². The molecule has 0 saturated carbocycles. The van der Waals surface area contributed by atoms with Crippen molar-refractivity contribution in [2.24, 2.45) is 0 Å². The number of methoxy groups -OCH3 is 1. The molecule has 3 rings (SSSR count). The highest BCUT2D eigenvalue weighted by Crippen LogP contribution is 2.13. The van der Waals surface area contributed by atoms with Crippen molar-refractivity contribution >= 4 is 16.9 Å². The number of hydrogen-bond donors (Lipinski definition) is 2. The standard InChI is InChI=1S/C15H18FN3O4/c1-21-13-6-22-5-12(13)19-15(20)8-23-7-14-17-10-3-2-9(16)4-11(10)18-14/h2-4,12-13H,5-8H2,1H3,(H,17,18)(H,19,20)/t12-,13-/m0/s1. The third-order valence-corrected chi connectivity index (χ3v) is 3.64. The van der Waals surface area contributed by atoms with Gasteiger partial charge in [-0.1, -0.05) is 0 Å². The normalized spacial score (nSPS) is 21.0. The fraction of sp³-hybridized carbons (Fsp3) is 0.467. The third kappa shape index (κ3) is 3.84. The molecule has 0 unspecified atom stereocenters. The largest absolute Gasteiger partial charge is 0.377 e. The summed E-state index contributed by atoms with van der Waals surface area (Å²) in [6.07, 6.45) is -0.135. The van der Waals surface area contributed by atoms with Crippen LogP contribution in [0.25, 0.3) is 11.0 Å². The molecule has 7 nitrogen and oxygen atoms in total. The molecule has 1 amide bonds. The maximum atomic E-state index is 13.1. The summed E-state index contributed by atoms with van der Waals surface area (Å²) in [6, 6.07) is 4.13. The zero-order chi connectivity index (χ0) is 16.2. The zero-order valence-corrected chi connectivity index (χ0v) is 12.7. The number of carbonyl (C=O) groups is 1. The summed E-state index contributed by atoms with van der Waals surface area (Å²) in [7, 11) is 1.58. The van der Waals surface area contributed by atoms with E-state index >= 15 is 0 Å². The van der Waals surface area contributed by atoms with Gasteiger partial charge in [-0.05, 0) is 18.2 Å². The maximum absolute atomic E-state index is 13.1. The quantitative estimate of drug-likeness (QED) is 0.819. The number of benzene rings is 1. The number of imidazole rings is 1. The maximum Gasteiger partial charge on any atom is 0.246 e. The molecule has 1 aromatic heterocycles. The van der Waals surface area contributed by atoms with Gasteiger partial charge < -0.3 is 24.5 Å². The number of nitrogens with zero attached hydrogens (tertiary/aromatic N) is 1. The lowest BCUT2D eigenvalue weighted by molar-refractivity contribution is -0.127. The minimum atomic E-state index is -0.334. The molecule has 2 aromatic rings. The van der Waals surface area contributed by atoms with E-state index in [-0.39, 0.29) is 37.1 Å². The topological polar surface area (TPSA) is 85.5 Å². The van der Waals surface area contributed by atoms with Gasteiger partial charge >= 0.3 is 0 Å². The van der Waals surface area contributed by atoms with E-state index in [1.807, 2.05) is 0 Å². The molecule has 1 aromatic carbocycles. The van der Waals surface area contributed by atoms with E-state index in [9.17, 15) is 9.18 Å². The average Bonchev–Trinajstić information content (AvgIpc) is 3.12. The lowest BCUT2D eigenvalue weighted by Gasteiger charge is -2.17. The second kappa shape index (κ2) is 7.03. The molecule has 1 aliphatic rings. The molecular weight excluding hydrogens is 305 g/mol. The lowest BCUT2D eigenvalue weighted by Crippen LogP contribution is -2.44. The van der Waals surface area contributed by atoms with E-state index in [2.05, 4.69) is 15.3 Å². The highest BCUT2D eigenvalue weighted by atomic mass is 19.1. The second-order valence-corrected chi connectivity index (χ2v) is 5.32. The van der Waals surface area contributed by atoms with Crippen LogP contribution in [0.3, 0.4) is 0 Å². The van der Waals surface area contributed by atoms with Crippen LogP contribution in [0.5, 0.6) is 0 Å². The zero-order valence-electron chi connectivity index (χ0n) is 12.7. The van der Waals surface area contributed by atoms with E-state index < -0.39 is 0 Å². The van der Waals surface area contributed by atoms with Crippen LogP contribution in [0.4, 0.5) is 4.39 Å². The Hall–Kier alpha value is -2.03. The van der Waals surface area contributed by atoms with Crippen LogP contribution >= 0.6 is 0 Å². The average molecular weight is 323 g/mol. The number of halogens is 1. The summed E-state index contributed by atoms with van der Waals surface area (Å²) in [5.74, 6) is -0.0402. The van der Waals surface area contributed by atoms with Gasteiger partial charge in [0.25, 0.3) is 0 Å². The van der Waals surface area contributed by atoms with Gasteiger partial charge in [-0.3, -0.25) is 4.79 Å². The number of H-pyrrole nitrogens is 1. The van der Waals surface area contributed by atoms with E-state index in [0.29, 0.717) is 30.1 Å². The van der Waals surface area contributed by atoms with Crippen molar-refractivity contribution < 1.29 is 23.4 Å². The van der Waals surface area contributed by atoms with E-state index in [1.54, 1.807) is 13.2 Å². The van der Waals surface area contributed by atoms with Crippen LogP contribution in [0.2, 0.25) is 0 Å². The molecule has 2 N–H and O–H groups in total. The van der Waals surface area contributed by atoms with Gasteiger partial charge in [0, 0.05) is 7.11 Å². The Morgan fingerprint density at radius 2 is 2.39 bits per heavy atom. The monoisotopic (exact) mass is 323 g/mol. The van der Waals surface area contributed by atoms with Crippen LogP contribution in [-0.2, 0) is 25.6 Å². The number of hydrogen-bond acceptors (Lipinski definition) is 5. The molecule has 23 heavy (non-hydrogen) atoms. The predicted molar refractivity (Wildman–Crippen MR) is 79.3 cm³/mol. The van der Waals surface area contributed by atoms with E-state index in [4.69, 9.17) is 14.2 Å². The number of aromatic amines is 1. The number of amides is 1. The van der Waals surface area contributed by atoms with Gasteiger partial charge in [0.05, 0.1) is 30.3 Å². The molecule has 1 aliphatic heterocycles. The lowest BCUT2D eigenvalue weighted by atomic mass is 10.2. The summed E-state index contributed by atoms with van der Waals surface area (Å²) >= 11 is 0. The number of rotatable bonds is 6. The Kier molecular flexibility index (Phi) is 4.85. The fourth-order valence-corrected chi connectivity index (χ4v) is 2.49. The van der Waals surface area contributed by atoms with Gasteiger partial charge in [0.15, 0.2) is 0 Å². The van der Waals surface area contributed by atoms with Crippen molar-refractivity contribution in [2.45, 2.75) is 18.8 Å². The van der Waals surface area contributed by atoms with Crippen LogP contribution in [0.1, 0.15) is 5.82 Å². The van der Waals surface area contributed by atoms with Crippen LogP contribution in [0, 0.1) is 5.82 Å². The highest BCUT2D eigenvalue weighted by Gasteiger charge is 2.29. The summed E-state index contributed by atoms with van der Waals surface area (Å²) in [4.78, 5) is 19.1. The number of ether oxygens (including phenoxy) is 3. The fourth-order valence-electron chi connectivity index (χ4n) is 2.49. The first-order chi connectivity index (χ1) is 11.2. The molecule has 1 fully saturated rings. The summed E-state index contributed by atoms with van der Waals surface area (Å²) < 4.78 is 28.9.